The second kappa shape index (κ2) is 9.41. The molecule has 0 aliphatic heterocycles. The Hall–Kier alpha value is -1.63. The van der Waals surface area contributed by atoms with Gasteiger partial charge < -0.3 is 0 Å². The van der Waals surface area contributed by atoms with Crippen molar-refractivity contribution < 1.29 is 0 Å². The molecular weight excluding hydrogens is 218 g/mol. The summed E-state index contributed by atoms with van der Waals surface area (Å²) in [4.78, 5) is 4.18. The lowest BCUT2D eigenvalue weighted by Gasteiger charge is -2.02. The molecule has 18 heavy (non-hydrogen) atoms. The summed E-state index contributed by atoms with van der Waals surface area (Å²) in [7, 11) is 0. The van der Waals surface area contributed by atoms with E-state index in [-0.39, 0.29) is 0 Å². The second-order valence-electron chi connectivity index (χ2n) is 3.55. The average molecular weight is 243 g/mol. The molecule has 0 aliphatic rings. The quantitative estimate of drug-likeness (QED) is 0.652. The van der Waals surface area contributed by atoms with Crippen molar-refractivity contribution >= 4 is 0 Å². The lowest BCUT2D eigenvalue weighted by Crippen LogP contribution is -1.82. The topological polar surface area (TPSA) is 12.9 Å². The molecule has 2 rings (SSSR count). The van der Waals surface area contributed by atoms with Crippen LogP contribution in [0.25, 0.3) is 11.1 Å². The van der Waals surface area contributed by atoms with E-state index in [1.165, 1.54) is 16.7 Å². The molecule has 0 aliphatic carbocycles. The van der Waals surface area contributed by atoms with E-state index in [1.54, 1.807) is 0 Å². The van der Waals surface area contributed by atoms with Gasteiger partial charge in [0.05, 0.1) is 0 Å². The van der Waals surface area contributed by atoms with Crippen LogP contribution in [0.4, 0.5) is 0 Å². The van der Waals surface area contributed by atoms with Crippen molar-refractivity contribution in [2.75, 3.05) is 0 Å². The van der Waals surface area contributed by atoms with Crippen molar-refractivity contribution in [3.8, 4) is 11.1 Å². The highest BCUT2D eigenvalue weighted by Crippen LogP contribution is 2.19. The number of nitrogens with zero attached hydrogens (tertiary/aromatic N) is 1. The number of rotatable bonds is 1. The largest absolute Gasteiger partial charge is 0.262 e. The number of hydrogen-bond donors (Lipinski definition) is 0. The minimum Gasteiger partial charge on any atom is -0.262 e. The molecule has 0 amide bonds. The van der Waals surface area contributed by atoms with Crippen molar-refractivity contribution in [1.82, 2.24) is 4.98 Å². The Bertz CT molecular complexity index is 430. The maximum absolute atomic E-state index is 4.18. The van der Waals surface area contributed by atoms with Crippen LogP contribution in [0.1, 0.15) is 39.0 Å². The molecule has 1 heteroatoms. The van der Waals surface area contributed by atoms with Crippen molar-refractivity contribution in [1.29, 1.82) is 0 Å². The molecule has 1 heterocycles. The fourth-order valence-electron chi connectivity index (χ4n) is 1.47. The van der Waals surface area contributed by atoms with Gasteiger partial charge in [0.25, 0.3) is 0 Å². The maximum atomic E-state index is 4.18. The van der Waals surface area contributed by atoms with Gasteiger partial charge in [0.1, 0.15) is 0 Å². The summed E-state index contributed by atoms with van der Waals surface area (Å²) >= 11 is 0. The molecule has 0 radical (unpaired) electrons. The summed E-state index contributed by atoms with van der Waals surface area (Å²) in [5, 5.41) is 0. The molecule has 0 spiro atoms. The van der Waals surface area contributed by atoms with Crippen molar-refractivity contribution in [3.63, 3.8) is 0 Å². The first-order chi connectivity index (χ1) is 8.75. The summed E-state index contributed by atoms with van der Waals surface area (Å²) in [5.41, 5.74) is 4.83. The Kier molecular flexibility index (Phi) is 8.55. The molecule has 0 atom stereocenters. The van der Waals surface area contributed by atoms with Gasteiger partial charge in [-0.3, -0.25) is 4.98 Å². The van der Waals surface area contributed by atoms with Gasteiger partial charge >= 0.3 is 0 Å². The fraction of sp³-hybridized carbons (Fsp3) is 0.353. The van der Waals surface area contributed by atoms with E-state index in [4.69, 9.17) is 0 Å². The maximum Gasteiger partial charge on any atom is 0.0378 e. The van der Waals surface area contributed by atoms with Crippen LogP contribution < -0.4 is 0 Å². The van der Waals surface area contributed by atoms with Crippen LogP contribution in [0.2, 0.25) is 0 Å². The lowest BCUT2D eigenvalue weighted by atomic mass is 10.1. The highest BCUT2D eigenvalue weighted by Gasteiger charge is 1.96. The summed E-state index contributed by atoms with van der Waals surface area (Å²) in [6, 6.07) is 12.7. The number of hydrogen-bond acceptors (Lipinski definition) is 1. The zero-order valence-corrected chi connectivity index (χ0v) is 12.5. The Morgan fingerprint density at radius 2 is 1.28 bits per heavy atom. The van der Waals surface area contributed by atoms with Gasteiger partial charge in [-0.2, -0.15) is 0 Å². The predicted molar refractivity (Wildman–Crippen MR) is 81.8 cm³/mol. The van der Waals surface area contributed by atoms with Gasteiger partial charge in [-0.05, 0) is 37.1 Å². The molecule has 0 N–H and O–H groups in total. The Morgan fingerprint density at radius 1 is 0.722 bits per heavy atom. The van der Waals surface area contributed by atoms with Gasteiger partial charge in [-0.15, -0.1) is 0 Å². The standard InChI is InChI=1S/C13H13N.2C2H6/c1-10-3-5-12(6-4-10)13-7-8-14-11(2)9-13;2*1-2/h3-9H,1-2H3;2*1-2H3. The lowest BCUT2D eigenvalue weighted by molar-refractivity contribution is 1.20. The first kappa shape index (κ1) is 16.4. The zero-order valence-electron chi connectivity index (χ0n) is 12.5. The van der Waals surface area contributed by atoms with Gasteiger partial charge in [0.2, 0.25) is 0 Å². The van der Waals surface area contributed by atoms with Gasteiger partial charge in [-0.1, -0.05) is 57.5 Å². The first-order valence-electron chi connectivity index (χ1n) is 6.75. The minimum atomic E-state index is 1.06. The fourth-order valence-corrected chi connectivity index (χ4v) is 1.47. The van der Waals surface area contributed by atoms with Crippen LogP contribution >= 0.6 is 0 Å². The number of aryl methyl sites for hydroxylation is 2. The van der Waals surface area contributed by atoms with Crippen LogP contribution in [0.3, 0.4) is 0 Å². The van der Waals surface area contributed by atoms with E-state index in [1.807, 2.05) is 46.9 Å². The van der Waals surface area contributed by atoms with Crippen LogP contribution in [0.15, 0.2) is 42.6 Å². The van der Waals surface area contributed by atoms with E-state index >= 15 is 0 Å². The molecule has 1 aromatic carbocycles. The molecule has 2 aromatic rings. The summed E-state index contributed by atoms with van der Waals surface area (Å²) in [6.07, 6.45) is 1.85. The van der Waals surface area contributed by atoms with Crippen molar-refractivity contribution in [3.05, 3.63) is 53.9 Å². The van der Waals surface area contributed by atoms with Gasteiger partial charge in [-0.25, -0.2) is 0 Å². The summed E-state index contributed by atoms with van der Waals surface area (Å²) in [5.74, 6) is 0. The van der Waals surface area contributed by atoms with Gasteiger partial charge in [0, 0.05) is 11.9 Å². The van der Waals surface area contributed by atoms with E-state index in [2.05, 4.69) is 42.2 Å². The Balaban J connectivity index is 0.000000659. The monoisotopic (exact) mass is 243 g/mol. The van der Waals surface area contributed by atoms with E-state index in [0.29, 0.717) is 0 Å². The third-order valence-electron chi connectivity index (χ3n) is 2.28. The molecule has 1 aromatic heterocycles. The summed E-state index contributed by atoms with van der Waals surface area (Å²) in [6.45, 7) is 12.1. The van der Waals surface area contributed by atoms with E-state index in [9.17, 15) is 0 Å². The van der Waals surface area contributed by atoms with Crippen LogP contribution in [0.5, 0.6) is 0 Å². The molecular formula is C17H25N. The Labute approximate surface area is 112 Å². The molecule has 1 nitrogen and oxygen atoms in total. The highest BCUT2D eigenvalue weighted by atomic mass is 14.6. The van der Waals surface area contributed by atoms with Crippen LogP contribution in [-0.4, -0.2) is 4.98 Å². The molecule has 0 saturated heterocycles. The number of benzene rings is 1. The van der Waals surface area contributed by atoms with Crippen molar-refractivity contribution in [2.45, 2.75) is 41.5 Å². The SMILES string of the molecule is CC.CC.Cc1ccc(-c2ccnc(C)c2)cc1. The summed E-state index contributed by atoms with van der Waals surface area (Å²) < 4.78 is 0. The molecule has 0 bridgehead atoms. The van der Waals surface area contributed by atoms with Crippen LogP contribution in [-0.2, 0) is 0 Å². The molecule has 98 valence electrons. The zero-order chi connectivity index (χ0) is 14.0. The highest BCUT2D eigenvalue weighted by molar-refractivity contribution is 5.63. The minimum absolute atomic E-state index is 1.06. The van der Waals surface area contributed by atoms with E-state index < -0.39 is 0 Å². The molecule has 0 fully saturated rings. The normalized spacial score (nSPS) is 8.56. The first-order valence-corrected chi connectivity index (χ1v) is 6.75. The molecule has 0 unspecified atom stereocenters. The third-order valence-corrected chi connectivity index (χ3v) is 2.28. The number of pyridine rings is 1. The number of aromatic nitrogens is 1. The molecule has 0 saturated carbocycles. The third kappa shape index (κ3) is 5.13. The predicted octanol–water partition coefficient (Wildman–Crippen LogP) is 5.42. The second-order valence-corrected chi connectivity index (χ2v) is 3.55. The smallest absolute Gasteiger partial charge is 0.0378 e. The van der Waals surface area contributed by atoms with Gasteiger partial charge in [0.15, 0.2) is 0 Å². The van der Waals surface area contributed by atoms with Crippen LogP contribution in [0, 0.1) is 13.8 Å². The van der Waals surface area contributed by atoms with E-state index in [0.717, 1.165) is 5.69 Å². The van der Waals surface area contributed by atoms with Crippen molar-refractivity contribution in [2.24, 2.45) is 0 Å². The Morgan fingerprint density at radius 3 is 1.78 bits per heavy atom. The average Bonchev–Trinajstić information content (AvgIpc) is 2.44.